The standard InChI is InChI=1S/C28H43N4O2/c1-7-25-23(27(9-3)31(5)29-25)13-11-19-33-21-15-17-22(18-16-21)34-20-12-14-24-26(8-2)30-32(6)28(24)10-4/h15-17H,7-14,18-20H2,1-6H3. The van der Waals surface area contributed by atoms with Crippen molar-refractivity contribution in [1.82, 2.24) is 19.6 Å². The molecular formula is C28H43N4O2. The van der Waals surface area contributed by atoms with Crippen LogP contribution in [0.3, 0.4) is 0 Å². The molecule has 0 bridgehead atoms. The van der Waals surface area contributed by atoms with E-state index in [1.54, 1.807) is 0 Å². The molecule has 0 aliphatic heterocycles. The van der Waals surface area contributed by atoms with Gasteiger partial charge < -0.3 is 9.47 Å². The van der Waals surface area contributed by atoms with Gasteiger partial charge in [-0.05, 0) is 80.7 Å². The number of hydrogen-bond donors (Lipinski definition) is 0. The highest BCUT2D eigenvalue weighted by atomic mass is 16.5. The normalized spacial score (nSPS) is 14.1. The molecule has 0 aromatic carbocycles. The van der Waals surface area contributed by atoms with Crippen molar-refractivity contribution in [1.29, 1.82) is 0 Å². The van der Waals surface area contributed by atoms with Crippen LogP contribution in [0.1, 0.15) is 80.9 Å². The van der Waals surface area contributed by atoms with Crippen LogP contribution in [0.25, 0.3) is 0 Å². The van der Waals surface area contributed by atoms with E-state index in [-0.39, 0.29) is 0 Å². The summed E-state index contributed by atoms with van der Waals surface area (Å²) >= 11 is 0. The van der Waals surface area contributed by atoms with Gasteiger partial charge in [-0.15, -0.1) is 0 Å². The van der Waals surface area contributed by atoms with Gasteiger partial charge in [0.15, 0.2) is 0 Å². The Balaban J connectivity index is 1.36. The minimum atomic E-state index is 0.720. The topological polar surface area (TPSA) is 54.1 Å². The number of ether oxygens (including phenoxy) is 2. The molecule has 0 saturated carbocycles. The van der Waals surface area contributed by atoms with Crippen molar-refractivity contribution in [3.63, 3.8) is 0 Å². The third-order valence-corrected chi connectivity index (χ3v) is 6.69. The third-order valence-electron chi connectivity index (χ3n) is 6.69. The number of hydrogen-bond acceptors (Lipinski definition) is 4. The van der Waals surface area contributed by atoms with Crippen LogP contribution in [0, 0.1) is 6.10 Å². The predicted octanol–water partition coefficient (Wildman–Crippen LogP) is 5.38. The van der Waals surface area contributed by atoms with Gasteiger partial charge >= 0.3 is 0 Å². The van der Waals surface area contributed by atoms with Crippen LogP contribution in [0.15, 0.2) is 24.0 Å². The van der Waals surface area contributed by atoms with Gasteiger partial charge in [-0.3, -0.25) is 9.36 Å². The van der Waals surface area contributed by atoms with Crippen LogP contribution >= 0.6 is 0 Å². The second-order valence-electron chi connectivity index (χ2n) is 8.92. The van der Waals surface area contributed by atoms with E-state index in [0.29, 0.717) is 0 Å². The molecule has 0 amide bonds. The monoisotopic (exact) mass is 467 g/mol. The molecule has 187 valence electrons. The quantitative estimate of drug-likeness (QED) is 0.350. The number of nitrogens with zero attached hydrogens (tertiary/aromatic N) is 4. The molecule has 1 aliphatic rings. The van der Waals surface area contributed by atoms with Crippen LogP contribution in [-0.2, 0) is 62.1 Å². The summed E-state index contributed by atoms with van der Waals surface area (Å²) in [4.78, 5) is 0. The van der Waals surface area contributed by atoms with E-state index in [2.05, 4.69) is 64.1 Å². The minimum absolute atomic E-state index is 0.720. The summed E-state index contributed by atoms with van der Waals surface area (Å²) < 4.78 is 16.1. The lowest BCUT2D eigenvalue weighted by atomic mass is 10.0. The molecule has 34 heavy (non-hydrogen) atoms. The molecule has 0 saturated heterocycles. The van der Waals surface area contributed by atoms with Crippen molar-refractivity contribution < 1.29 is 9.47 Å². The number of aromatic nitrogens is 4. The smallest absolute Gasteiger partial charge is 0.123 e. The minimum Gasteiger partial charge on any atom is -0.494 e. The van der Waals surface area contributed by atoms with E-state index >= 15 is 0 Å². The average molecular weight is 468 g/mol. The SMILES string of the molecule is CCc1nn(C)c(CC)c1CCCO[C]1C=CC(OCCCc2c(CC)nn(C)c2CC)=CC1. The molecule has 2 aromatic rings. The van der Waals surface area contributed by atoms with E-state index in [1.165, 1.54) is 33.9 Å². The van der Waals surface area contributed by atoms with Gasteiger partial charge in [-0.1, -0.05) is 27.7 Å². The molecule has 6 nitrogen and oxygen atoms in total. The summed E-state index contributed by atoms with van der Waals surface area (Å²) in [6, 6.07) is 0. The van der Waals surface area contributed by atoms with Gasteiger partial charge in [0, 0.05) is 38.5 Å². The Kier molecular flexibility index (Phi) is 10.00. The number of aryl methyl sites for hydroxylation is 4. The van der Waals surface area contributed by atoms with Gasteiger partial charge in [0.05, 0.1) is 18.0 Å². The van der Waals surface area contributed by atoms with Crippen LogP contribution < -0.4 is 0 Å². The summed E-state index contributed by atoms with van der Waals surface area (Å²) in [5, 5.41) is 9.35. The summed E-state index contributed by atoms with van der Waals surface area (Å²) in [7, 11) is 4.10. The van der Waals surface area contributed by atoms with Gasteiger partial charge in [-0.25, -0.2) is 0 Å². The number of rotatable bonds is 14. The zero-order valence-electron chi connectivity index (χ0n) is 22.1. The summed E-state index contributed by atoms with van der Waals surface area (Å²) in [5.74, 6) is 0.945. The maximum atomic E-state index is 6.04. The fraction of sp³-hybridized carbons (Fsp3) is 0.607. The average Bonchev–Trinajstić information content (AvgIpc) is 3.34. The zero-order chi connectivity index (χ0) is 24.5. The molecule has 2 aromatic heterocycles. The first kappa shape index (κ1) is 26.3. The van der Waals surface area contributed by atoms with Crippen molar-refractivity contribution in [2.75, 3.05) is 13.2 Å². The van der Waals surface area contributed by atoms with Gasteiger partial charge in [0.2, 0.25) is 0 Å². The molecule has 2 heterocycles. The first-order valence-electron chi connectivity index (χ1n) is 13.1. The maximum Gasteiger partial charge on any atom is 0.123 e. The lowest BCUT2D eigenvalue weighted by Gasteiger charge is -2.17. The van der Waals surface area contributed by atoms with Crippen molar-refractivity contribution in [3.05, 3.63) is 64.0 Å². The van der Waals surface area contributed by atoms with Crippen LogP contribution in [0.4, 0.5) is 0 Å². The highest BCUT2D eigenvalue weighted by Gasteiger charge is 2.16. The summed E-state index contributed by atoms with van der Waals surface area (Å²) in [6.45, 7) is 10.2. The lowest BCUT2D eigenvalue weighted by molar-refractivity contribution is 0.154. The van der Waals surface area contributed by atoms with E-state index in [1.807, 2.05) is 15.4 Å². The first-order valence-corrected chi connectivity index (χ1v) is 13.1. The summed E-state index contributed by atoms with van der Waals surface area (Å²) in [5.41, 5.74) is 8.00. The molecule has 0 atom stereocenters. The molecule has 0 N–H and O–H groups in total. The molecule has 1 radical (unpaired) electrons. The molecular weight excluding hydrogens is 424 g/mol. The van der Waals surface area contributed by atoms with Crippen LogP contribution in [-0.4, -0.2) is 32.8 Å². The molecule has 0 fully saturated rings. The Bertz CT molecular complexity index is 983. The second kappa shape index (κ2) is 12.9. The van der Waals surface area contributed by atoms with Crippen molar-refractivity contribution >= 4 is 0 Å². The fourth-order valence-corrected chi connectivity index (χ4v) is 4.97. The maximum absolute atomic E-state index is 6.04. The van der Waals surface area contributed by atoms with Gasteiger partial charge in [0.25, 0.3) is 0 Å². The van der Waals surface area contributed by atoms with E-state index < -0.39 is 0 Å². The summed E-state index contributed by atoms with van der Waals surface area (Å²) in [6.07, 6.45) is 16.1. The lowest BCUT2D eigenvalue weighted by Crippen LogP contribution is -2.07. The molecule has 3 rings (SSSR count). The molecule has 1 aliphatic carbocycles. The Morgan fingerprint density at radius 1 is 0.735 bits per heavy atom. The van der Waals surface area contributed by atoms with E-state index in [9.17, 15) is 0 Å². The van der Waals surface area contributed by atoms with Crippen molar-refractivity contribution in [2.24, 2.45) is 14.1 Å². The van der Waals surface area contributed by atoms with Crippen molar-refractivity contribution in [2.45, 2.75) is 85.5 Å². The Labute approximate surface area is 206 Å². The Morgan fingerprint density at radius 3 is 1.71 bits per heavy atom. The fourth-order valence-electron chi connectivity index (χ4n) is 4.97. The van der Waals surface area contributed by atoms with Crippen LogP contribution in [0.2, 0.25) is 0 Å². The molecule has 0 unspecified atom stereocenters. The largest absolute Gasteiger partial charge is 0.494 e. The third kappa shape index (κ3) is 6.41. The highest BCUT2D eigenvalue weighted by molar-refractivity contribution is 5.28. The van der Waals surface area contributed by atoms with Crippen LogP contribution in [0.5, 0.6) is 0 Å². The highest BCUT2D eigenvalue weighted by Crippen LogP contribution is 2.23. The first-order chi connectivity index (χ1) is 16.5. The Hall–Kier alpha value is -2.34. The van der Waals surface area contributed by atoms with Gasteiger partial charge in [0.1, 0.15) is 11.9 Å². The zero-order valence-corrected chi connectivity index (χ0v) is 22.1. The van der Waals surface area contributed by atoms with Crippen molar-refractivity contribution in [3.8, 4) is 0 Å². The molecule has 0 spiro atoms. The number of allylic oxidation sites excluding steroid dienone is 1. The Morgan fingerprint density at radius 2 is 1.26 bits per heavy atom. The van der Waals surface area contributed by atoms with Gasteiger partial charge in [-0.2, -0.15) is 10.2 Å². The predicted molar refractivity (Wildman–Crippen MR) is 138 cm³/mol. The second-order valence-corrected chi connectivity index (χ2v) is 8.92. The van der Waals surface area contributed by atoms with E-state index in [0.717, 1.165) is 82.9 Å². The molecule has 6 heteroatoms. The van der Waals surface area contributed by atoms with E-state index in [4.69, 9.17) is 9.47 Å².